The van der Waals surface area contributed by atoms with Gasteiger partial charge in [0.25, 0.3) is 5.91 Å². The molecular weight excluding hydrogens is 218 g/mol. The summed E-state index contributed by atoms with van der Waals surface area (Å²) in [5.41, 5.74) is 0.378. The highest BCUT2D eigenvalue weighted by atomic mass is 35.5. The lowest BCUT2D eigenvalue weighted by atomic mass is 10.3. The monoisotopic (exact) mass is 231 g/mol. The average Bonchev–Trinajstić information content (AvgIpc) is 2.64. The number of imidazole rings is 1. The molecule has 1 atom stereocenters. The summed E-state index contributed by atoms with van der Waals surface area (Å²) in [6, 6.07) is -0.189. The van der Waals surface area contributed by atoms with Crippen molar-refractivity contribution >= 4 is 17.5 Å². The van der Waals surface area contributed by atoms with E-state index in [9.17, 15) is 4.79 Å². The van der Waals surface area contributed by atoms with Gasteiger partial charge in [-0.15, -0.1) is 11.6 Å². The van der Waals surface area contributed by atoms with E-state index in [2.05, 4.69) is 10.3 Å². The minimum Gasteiger partial charge on any atom is -0.383 e. The number of nitrogens with one attached hydrogen (secondary N) is 1. The van der Waals surface area contributed by atoms with Crippen molar-refractivity contribution in [3.8, 4) is 0 Å². The van der Waals surface area contributed by atoms with Gasteiger partial charge in [0.2, 0.25) is 0 Å². The Morgan fingerprint density at radius 2 is 2.53 bits per heavy atom. The SMILES string of the molecule is COCC(CCl)NC(=O)c1cn(C)cn1. The number of rotatable bonds is 5. The molecule has 0 aromatic carbocycles. The third-order valence-corrected chi connectivity index (χ3v) is 2.20. The van der Waals surface area contributed by atoms with E-state index in [1.165, 1.54) is 0 Å². The minimum absolute atomic E-state index is 0.189. The largest absolute Gasteiger partial charge is 0.383 e. The lowest BCUT2D eigenvalue weighted by molar-refractivity contribution is 0.0902. The van der Waals surface area contributed by atoms with Gasteiger partial charge >= 0.3 is 0 Å². The molecule has 0 radical (unpaired) electrons. The van der Waals surface area contributed by atoms with Crippen molar-refractivity contribution in [1.29, 1.82) is 0 Å². The number of methoxy groups -OCH3 is 1. The minimum atomic E-state index is -0.238. The molecule has 84 valence electrons. The van der Waals surface area contributed by atoms with Crippen molar-refractivity contribution < 1.29 is 9.53 Å². The molecule has 1 N–H and O–H groups in total. The molecular formula is C9H14ClN3O2. The van der Waals surface area contributed by atoms with E-state index in [1.807, 2.05) is 0 Å². The van der Waals surface area contributed by atoms with E-state index in [0.29, 0.717) is 18.2 Å². The van der Waals surface area contributed by atoms with Crippen LogP contribution in [0.15, 0.2) is 12.5 Å². The second kappa shape index (κ2) is 5.72. The van der Waals surface area contributed by atoms with Gasteiger partial charge in [-0.1, -0.05) is 0 Å². The highest BCUT2D eigenvalue weighted by Gasteiger charge is 2.14. The van der Waals surface area contributed by atoms with E-state index in [0.717, 1.165) is 0 Å². The molecule has 0 aliphatic heterocycles. The van der Waals surface area contributed by atoms with Crippen LogP contribution in [-0.4, -0.2) is 41.1 Å². The lowest BCUT2D eigenvalue weighted by Gasteiger charge is -2.13. The lowest BCUT2D eigenvalue weighted by Crippen LogP contribution is -2.39. The Bertz CT molecular complexity index is 327. The molecule has 0 aliphatic rings. The Kier molecular flexibility index (Phi) is 4.58. The predicted octanol–water partition coefficient (Wildman–Crippen LogP) is 0.404. The van der Waals surface area contributed by atoms with Gasteiger partial charge in [-0.3, -0.25) is 4.79 Å². The average molecular weight is 232 g/mol. The zero-order valence-electron chi connectivity index (χ0n) is 8.74. The molecule has 1 aromatic rings. The van der Waals surface area contributed by atoms with Gasteiger partial charge in [0, 0.05) is 26.2 Å². The van der Waals surface area contributed by atoms with Crippen LogP contribution in [-0.2, 0) is 11.8 Å². The summed E-state index contributed by atoms with van der Waals surface area (Å²) in [5, 5.41) is 2.73. The summed E-state index contributed by atoms with van der Waals surface area (Å²) in [4.78, 5) is 15.5. The van der Waals surface area contributed by atoms with Gasteiger partial charge in [0.1, 0.15) is 5.69 Å². The molecule has 1 amide bonds. The maximum atomic E-state index is 11.6. The zero-order chi connectivity index (χ0) is 11.3. The normalized spacial score (nSPS) is 12.5. The molecule has 0 bridgehead atoms. The first-order valence-electron chi connectivity index (χ1n) is 4.51. The van der Waals surface area contributed by atoms with Crippen LogP contribution < -0.4 is 5.32 Å². The Morgan fingerprint density at radius 3 is 3.00 bits per heavy atom. The molecule has 0 aliphatic carbocycles. The number of amides is 1. The Hall–Kier alpha value is -1.07. The molecule has 5 nitrogen and oxygen atoms in total. The first-order valence-corrected chi connectivity index (χ1v) is 5.04. The van der Waals surface area contributed by atoms with Crippen molar-refractivity contribution in [2.24, 2.45) is 7.05 Å². The number of alkyl halides is 1. The number of hydrogen-bond acceptors (Lipinski definition) is 3. The van der Waals surface area contributed by atoms with Crippen LogP contribution >= 0.6 is 11.6 Å². The number of halogens is 1. The molecule has 1 heterocycles. The summed E-state index contributed by atoms with van der Waals surface area (Å²) in [5.74, 6) is 0.0742. The quantitative estimate of drug-likeness (QED) is 0.747. The number of nitrogens with zero attached hydrogens (tertiary/aromatic N) is 2. The van der Waals surface area contributed by atoms with Crippen molar-refractivity contribution in [1.82, 2.24) is 14.9 Å². The van der Waals surface area contributed by atoms with Gasteiger partial charge in [0.05, 0.1) is 19.0 Å². The van der Waals surface area contributed by atoms with Crippen LogP contribution in [0.1, 0.15) is 10.5 Å². The second-order valence-electron chi connectivity index (χ2n) is 3.20. The number of ether oxygens (including phenoxy) is 1. The van der Waals surface area contributed by atoms with E-state index in [-0.39, 0.29) is 11.9 Å². The summed E-state index contributed by atoms with van der Waals surface area (Å²) >= 11 is 5.66. The Morgan fingerprint density at radius 1 is 1.80 bits per heavy atom. The highest BCUT2D eigenvalue weighted by Crippen LogP contribution is 1.96. The van der Waals surface area contributed by atoms with E-state index in [1.54, 1.807) is 31.2 Å². The molecule has 1 aromatic heterocycles. The molecule has 0 fully saturated rings. The summed E-state index contributed by atoms with van der Waals surface area (Å²) in [6.07, 6.45) is 3.22. The molecule has 15 heavy (non-hydrogen) atoms. The first kappa shape index (κ1) is 12.0. The van der Waals surface area contributed by atoms with Crippen LogP contribution in [0.5, 0.6) is 0 Å². The highest BCUT2D eigenvalue weighted by molar-refractivity contribution is 6.18. The third kappa shape index (κ3) is 3.53. The molecule has 0 saturated carbocycles. The van der Waals surface area contributed by atoms with Crippen LogP contribution in [0, 0.1) is 0 Å². The number of carbonyl (C=O) groups excluding carboxylic acids is 1. The standard InChI is InChI=1S/C9H14ClN3O2/c1-13-4-8(11-6-13)9(14)12-7(3-10)5-15-2/h4,6-7H,3,5H2,1-2H3,(H,12,14). The van der Waals surface area contributed by atoms with E-state index >= 15 is 0 Å². The summed E-state index contributed by atoms with van der Waals surface area (Å²) in [6.45, 7) is 0.391. The Labute approximate surface area is 93.4 Å². The fourth-order valence-electron chi connectivity index (χ4n) is 1.12. The second-order valence-corrected chi connectivity index (χ2v) is 3.51. The van der Waals surface area contributed by atoms with Crippen LogP contribution in [0.4, 0.5) is 0 Å². The summed E-state index contributed by atoms with van der Waals surface area (Å²) in [7, 11) is 3.37. The summed E-state index contributed by atoms with van der Waals surface area (Å²) < 4.78 is 6.62. The molecule has 0 saturated heterocycles. The zero-order valence-corrected chi connectivity index (χ0v) is 9.49. The predicted molar refractivity (Wildman–Crippen MR) is 57.1 cm³/mol. The van der Waals surface area contributed by atoms with Crippen molar-refractivity contribution in [3.05, 3.63) is 18.2 Å². The van der Waals surface area contributed by atoms with Gasteiger partial charge in [-0.2, -0.15) is 0 Å². The molecule has 1 rings (SSSR count). The maximum Gasteiger partial charge on any atom is 0.271 e. The van der Waals surface area contributed by atoms with E-state index < -0.39 is 0 Å². The number of carbonyl (C=O) groups is 1. The Balaban J connectivity index is 2.54. The van der Waals surface area contributed by atoms with Crippen LogP contribution in [0.3, 0.4) is 0 Å². The van der Waals surface area contributed by atoms with Gasteiger partial charge in [0.15, 0.2) is 0 Å². The van der Waals surface area contributed by atoms with Gasteiger partial charge < -0.3 is 14.6 Å². The van der Waals surface area contributed by atoms with Gasteiger partial charge in [-0.05, 0) is 0 Å². The smallest absolute Gasteiger partial charge is 0.271 e. The van der Waals surface area contributed by atoms with Crippen molar-refractivity contribution in [2.45, 2.75) is 6.04 Å². The van der Waals surface area contributed by atoms with Gasteiger partial charge in [-0.25, -0.2) is 4.98 Å². The third-order valence-electron chi connectivity index (χ3n) is 1.83. The van der Waals surface area contributed by atoms with E-state index in [4.69, 9.17) is 16.3 Å². The topological polar surface area (TPSA) is 56.1 Å². The van der Waals surface area contributed by atoms with Crippen LogP contribution in [0.2, 0.25) is 0 Å². The maximum absolute atomic E-state index is 11.6. The van der Waals surface area contributed by atoms with Crippen LogP contribution in [0.25, 0.3) is 0 Å². The van der Waals surface area contributed by atoms with Crippen molar-refractivity contribution in [2.75, 3.05) is 19.6 Å². The first-order chi connectivity index (χ1) is 7.17. The molecule has 1 unspecified atom stereocenters. The molecule has 0 spiro atoms. The number of aromatic nitrogens is 2. The fourth-order valence-corrected chi connectivity index (χ4v) is 1.28. The molecule has 6 heteroatoms. The number of hydrogen-bond donors (Lipinski definition) is 1. The fraction of sp³-hybridized carbons (Fsp3) is 0.556. The van der Waals surface area contributed by atoms with Crippen molar-refractivity contribution in [3.63, 3.8) is 0 Å². The number of aryl methyl sites for hydroxylation is 1.